The fourth-order valence-corrected chi connectivity index (χ4v) is 9.20. The molecule has 0 aliphatic heterocycles. The second kappa shape index (κ2) is 11.4. The van der Waals surface area contributed by atoms with Crippen molar-refractivity contribution >= 4 is 6.29 Å². The van der Waals surface area contributed by atoms with Gasteiger partial charge in [0.2, 0.25) is 0 Å². The summed E-state index contributed by atoms with van der Waals surface area (Å²) in [5.41, 5.74) is 20.7. The molecule has 2 aliphatic rings. The lowest BCUT2D eigenvalue weighted by molar-refractivity contribution is 0.112. The largest absolute Gasteiger partial charge is 0.298 e. The van der Waals surface area contributed by atoms with Crippen LogP contribution in [0.4, 0.5) is 0 Å². The summed E-state index contributed by atoms with van der Waals surface area (Å²) in [6.45, 7) is 10.9. The summed E-state index contributed by atoms with van der Waals surface area (Å²) in [6.07, 6.45) is 0.970. The lowest BCUT2D eigenvalue weighted by Gasteiger charge is -2.36. The molecular formula is C50H40O. The van der Waals surface area contributed by atoms with E-state index in [-0.39, 0.29) is 0 Å². The van der Waals surface area contributed by atoms with Crippen molar-refractivity contribution in [2.75, 3.05) is 0 Å². The van der Waals surface area contributed by atoms with Gasteiger partial charge in [-0.05, 0) is 120 Å². The molecule has 0 fully saturated rings. The molecule has 0 spiro atoms. The Morgan fingerprint density at radius 1 is 0.353 bits per heavy atom. The van der Waals surface area contributed by atoms with E-state index in [1.807, 2.05) is 12.1 Å². The number of carbonyl (C=O) groups excluding carboxylic acids is 1. The van der Waals surface area contributed by atoms with Gasteiger partial charge < -0.3 is 0 Å². The highest BCUT2D eigenvalue weighted by Gasteiger charge is 2.51. The Balaban J connectivity index is 1.47. The van der Waals surface area contributed by atoms with Crippen LogP contribution in [-0.4, -0.2) is 6.29 Å². The molecule has 1 nitrogen and oxygen atoms in total. The van der Waals surface area contributed by atoms with Crippen LogP contribution in [0.15, 0.2) is 146 Å². The van der Waals surface area contributed by atoms with Crippen LogP contribution >= 0.6 is 0 Å². The summed E-state index contributed by atoms with van der Waals surface area (Å²) in [5.74, 6) is 0. The van der Waals surface area contributed by atoms with Crippen LogP contribution in [0.1, 0.15) is 82.7 Å². The van der Waals surface area contributed by atoms with E-state index < -0.39 is 10.8 Å². The fourth-order valence-electron chi connectivity index (χ4n) is 9.20. The van der Waals surface area contributed by atoms with Gasteiger partial charge in [0.05, 0.1) is 10.8 Å². The number of aryl methyl sites for hydroxylation is 5. The SMILES string of the molecule is Cc1ccc(C2(c3ccc(C)cc3)c3cc(C)ccc3-c3cc4c(cc32)-c2ccc(C)cc2C4(c2ccc(C)cc2)c2cccc(C=O)c2)cc1. The molecule has 246 valence electrons. The summed E-state index contributed by atoms with van der Waals surface area (Å²) in [4.78, 5) is 12.3. The summed E-state index contributed by atoms with van der Waals surface area (Å²) in [6, 6.07) is 54.6. The minimum absolute atomic E-state index is 0.509. The molecule has 7 aromatic rings. The molecule has 0 saturated heterocycles. The zero-order valence-electron chi connectivity index (χ0n) is 29.8. The first-order valence-electron chi connectivity index (χ1n) is 17.9. The van der Waals surface area contributed by atoms with E-state index in [0.29, 0.717) is 5.56 Å². The fraction of sp³-hybridized carbons (Fsp3) is 0.140. The molecule has 51 heavy (non-hydrogen) atoms. The quantitative estimate of drug-likeness (QED) is 0.169. The molecule has 1 heteroatoms. The van der Waals surface area contributed by atoms with E-state index in [1.54, 1.807) is 0 Å². The first-order chi connectivity index (χ1) is 24.7. The van der Waals surface area contributed by atoms with E-state index in [4.69, 9.17) is 0 Å². The second-order valence-electron chi connectivity index (χ2n) is 14.9. The molecule has 0 heterocycles. The Bertz CT molecular complexity index is 2470. The third-order valence-corrected chi connectivity index (χ3v) is 11.6. The summed E-state index contributed by atoms with van der Waals surface area (Å²) in [5, 5.41) is 0. The molecule has 7 aromatic carbocycles. The van der Waals surface area contributed by atoms with Crippen LogP contribution in [0.3, 0.4) is 0 Å². The molecular weight excluding hydrogens is 617 g/mol. The lowest BCUT2D eigenvalue weighted by atomic mass is 9.65. The van der Waals surface area contributed by atoms with Gasteiger partial charge in [-0.25, -0.2) is 0 Å². The zero-order valence-corrected chi connectivity index (χ0v) is 29.8. The maximum Gasteiger partial charge on any atom is 0.150 e. The monoisotopic (exact) mass is 656 g/mol. The van der Waals surface area contributed by atoms with Gasteiger partial charge in [-0.2, -0.15) is 0 Å². The zero-order chi connectivity index (χ0) is 35.1. The van der Waals surface area contributed by atoms with Crippen LogP contribution in [0.2, 0.25) is 0 Å². The van der Waals surface area contributed by atoms with E-state index in [0.717, 1.165) is 11.8 Å². The van der Waals surface area contributed by atoms with Gasteiger partial charge in [0.15, 0.2) is 0 Å². The van der Waals surface area contributed by atoms with Gasteiger partial charge >= 0.3 is 0 Å². The molecule has 0 N–H and O–H groups in total. The number of benzene rings is 7. The highest BCUT2D eigenvalue weighted by Crippen LogP contribution is 2.62. The maximum atomic E-state index is 12.3. The number of rotatable bonds is 5. The van der Waals surface area contributed by atoms with Crippen molar-refractivity contribution in [3.05, 3.63) is 223 Å². The molecule has 0 bridgehead atoms. The van der Waals surface area contributed by atoms with E-state index in [9.17, 15) is 4.79 Å². The summed E-state index contributed by atoms with van der Waals surface area (Å²) < 4.78 is 0. The van der Waals surface area contributed by atoms with Crippen molar-refractivity contribution in [1.29, 1.82) is 0 Å². The molecule has 1 unspecified atom stereocenters. The minimum atomic E-state index is -0.623. The van der Waals surface area contributed by atoms with Crippen molar-refractivity contribution in [3.8, 4) is 22.3 Å². The first kappa shape index (κ1) is 31.2. The summed E-state index contributed by atoms with van der Waals surface area (Å²) in [7, 11) is 0. The van der Waals surface area contributed by atoms with Crippen LogP contribution in [0, 0.1) is 34.6 Å². The van der Waals surface area contributed by atoms with Crippen molar-refractivity contribution in [3.63, 3.8) is 0 Å². The first-order valence-corrected chi connectivity index (χ1v) is 17.9. The topological polar surface area (TPSA) is 17.1 Å². The van der Waals surface area contributed by atoms with Crippen molar-refractivity contribution in [1.82, 2.24) is 0 Å². The van der Waals surface area contributed by atoms with Gasteiger partial charge in [0.1, 0.15) is 6.29 Å². The van der Waals surface area contributed by atoms with Crippen molar-refractivity contribution in [2.24, 2.45) is 0 Å². The van der Waals surface area contributed by atoms with E-state index in [2.05, 4.69) is 168 Å². The number of fused-ring (bicyclic) bond motifs is 6. The molecule has 0 radical (unpaired) electrons. The predicted octanol–water partition coefficient (Wildman–Crippen LogP) is 11.8. The van der Waals surface area contributed by atoms with Crippen LogP contribution in [0.5, 0.6) is 0 Å². The van der Waals surface area contributed by atoms with Gasteiger partial charge in [-0.3, -0.25) is 4.79 Å². The Morgan fingerprint density at radius 3 is 1.14 bits per heavy atom. The molecule has 9 rings (SSSR count). The summed E-state index contributed by atoms with van der Waals surface area (Å²) >= 11 is 0. The highest BCUT2D eigenvalue weighted by atomic mass is 16.1. The average molecular weight is 657 g/mol. The second-order valence-corrected chi connectivity index (χ2v) is 14.9. The Kier molecular flexibility index (Phi) is 6.96. The Morgan fingerprint density at radius 2 is 0.725 bits per heavy atom. The lowest BCUT2D eigenvalue weighted by Crippen LogP contribution is -2.30. The average Bonchev–Trinajstić information content (AvgIpc) is 3.58. The van der Waals surface area contributed by atoms with Crippen LogP contribution in [0.25, 0.3) is 22.3 Å². The van der Waals surface area contributed by atoms with Crippen molar-refractivity contribution in [2.45, 2.75) is 45.4 Å². The van der Waals surface area contributed by atoms with E-state index >= 15 is 0 Å². The molecule has 2 aliphatic carbocycles. The van der Waals surface area contributed by atoms with Crippen molar-refractivity contribution < 1.29 is 4.79 Å². The number of hydrogen-bond acceptors (Lipinski definition) is 1. The minimum Gasteiger partial charge on any atom is -0.298 e. The van der Waals surface area contributed by atoms with Gasteiger partial charge in [0, 0.05) is 5.56 Å². The third-order valence-electron chi connectivity index (χ3n) is 11.6. The normalized spacial score (nSPS) is 16.3. The third kappa shape index (κ3) is 4.37. The van der Waals surface area contributed by atoms with E-state index in [1.165, 1.54) is 89.0 Å². The Labute approximate surface area is 301 Å². The number of aldehydes is 1. The van der Waals surface area contributed by atoms with Gasteiger partial charge in [-0.15, -0.1) is 0 Å². The molecule has 0 amide bonds. The number of carbonyl (C=O) groups is 1. The predicted molar refractivity (Wildman–Crippen MR) is 210 cm³/mol. The standard InChI is InChI=1S/C50H40O/c1-31-9-17-37(18-10-31)49(38-19-11-32(2)12-20-38)45-25-34(4)15-23-41(45)43-29-48-44(28-47(43)49)42-24-16-35(5)26-46(42)50(48,39-21-13-33(3)14-22-39)40-8-6-7-36(27-40)30-51/h6-30H,1-5H3. The number of hydrogen-bond donors (Lipinski definition) is 0. The highest BCUT2D eigenvalue weighted by molar-refractivity contribution is 5.95. The molecule has 0 aromatic heterocycles. The molecule has 1 atom stereocenters. The smallest absolute Gasteiger partial charge is 0.150 e. The van der Waals surface area contributed by atoms with Crippen LogP contribution < -0.4 is 0 Å². The van der Waals surface area contributed by atoms with Crippen LogP contribution in [-0.2, 0) is 10.8 Å². The Hall–Kier alpha value is -5.79. The maximum absolute atomic E-state index is 12.3. The van der Waals surface area contributed by atoms with Gasteiger partial charge in [0.25, 0.3) is 0 Å². The molecule has 0 saturated carbocycles. The van der Waals surface area contributed by atoms with Gasteiger partial charge in [-0.1, -0.05) is 155 Å².